The second-order valence-corrected chi connectivity index (χ2v) is 3.14. The Morgan fingerprint density at radius 3 is 2.64 bits per heavy atom. The average molecular weight is 153 g/mol. The van der Waals surface area contributed by atoms with Crippen LogP contribution in [0.15, 0.2) is 4.99 Å². The lowest BCUT2D eigenvalue weighted by Crippen LogP contribution is -2.37. The van der Waals surface area contributed by atoms with Gasteiger partial charge < -0.3 is 5.73 Å². The lowest BCUT2D eigenvalue weighted by Gasteiger charge is -2.27. The Bertz CT molecular complexity index is 220. The number of hydrogen-bond acceptors (Lipinski definition) is 3. The van der Waals surface area contributed by atoms with Crippen LogP contribution in [-0.4, -0.2) is 17.9 Å². The third-order valence-electron chi connectivity index (χ3n) is 2.39. The molecular weight excluding hydrogens is 142 g/mol. The van der Waals surface area contributed by atoms with Gasteiger partial charge in [-0.15, -0.1) is 0 Å². The smallest absolute Gasteiger partial charge is 0.251 e. The van der Waals surface area contributed by atoms with Gasteiger partial charge in [0, 0.05) is 0 Å². The number of nitrogens with one attached hydrogen (secondary N) is 1. The van der Waals surface area contributed by atoms with Crippen LogP contribution in [0.4, 0.5) is 0 Å². The van der Waals surface area contributed by atoms with E-state index in [1.165, 1.54) is 6.42 Å². The molecule has 11 heavy (non-hydrogen) atoms. The molecule has 0 aromatic heterocycles. The zero-order valence-corrected chi connectivity index (χ0v) is 6.21. The number of nitrogens with zero attached hydrogens (tertiary/aromatic N) is 1. The summed E-state index contributed by atoms with van der Waals surface area (Å²) in [5.74, 6) is 0.718. The van der Waals surface area contributed by atoms with Crippen molar-refractivity contribution in [3.63, 3.8) is 0 Å². The van der Waals surface area contributed by atoms with E-state index < -0.39 is 0 Å². The van der Waals surface area contributed by atoms with Gasteiger partial charge >= 0.3 is 0 Å². The monoisotopic (exact) mass is 153 g/mol. The number of carbonyl (C=O) groups excluding carboxylic acids is 1. The zero-order valence-electron chi connectivity index (χ0n) is 6.21. The van der Waals surface area contributed by atoms with E-state index in [4.69, 9.17) is 5.73 Å². The third-order valence-corrected chi connectivity index (χ3v) is 2.39. The van der Waals surface area contributed by atoms with Crippen molar-refractivity contribution in [2.75, 3.05) is 0 Å². The Balaban J connectivity index is 2.07. The molecule has 1 amide bonds. The molecular formula is C7H11N3O. The molecule has 1 fully saturated rings. The first kappa shape index (κ1) is 6.64. The van der Waals surface area contributed by atoms with E-state index in [0.29, 0.717) is 5.92 Å². The molecule has 1 aliphatic heterocycles. The van der Waals surface area contributed by atoms with Crippen molar-refractivity contribution >= 4 is 11.9 Å². The number of aliphatic imine (C=N–C) groups is 1. The first-order valence-corrected chi connectivity index (χ1v) is 3.91. The second-order valence-electron chi connectivity index (χ2n) is 3.14. The number of guanidine groups is 1. The van der Waals surface area contributed by atoms with Crippen LogP contribution in [0.5, 0.6) is 0 Å². The number of amides is 1. The van der Waals surface area contributed by atoms with Crippen LogP contribution in [-0.2, 0) is 4.79 Å². The molecule has 0 aromatic rings. The van der Waals surface area contributed by atoms with Crippen LogP contribution in [0.2, 0.25) is 0 Å². The SMILES string of the molecule is NC1=NC(C2CCC2)C(=O)N1. The minimum atomic E-state index is -0.177. The third kappa shape index (κ3) is 0.982. The molecule has 0 bridgehead atoms. The maximum atomic E-state index is 11.1. The number of nitrogens with two attached hydrogens (primary N) is 1. The highest BCUT2D eigenvalue weighted by molar-refractivity contribution is 6.04. The molecule has 1 heterocycles. The fourth-order valence-corrected chi connectivity index (χ4v) is 1.52. The van der Waals surface area contributed by atoms with Crippen molar-refractivity contribution < 1.29 is 4.79 Å². The molecule has 1 unspecified atom stereocenters. The lowest BCUT2D eigenvalue weighted by atomic mass is 9.80. The summed E-state index contributed by atoms with van der Waals surface area (Å²) in [5.41, 5.74) is 5.35. The van der Waals surface area contributed by atoms with E-state index in [9.17, 15) is 4.79 Å². The average Bonchev–Trinajstić information content (AvgIpc) is 2.07. The Labute approximate surface area is 64.9 Å². The first-order valence-electron chi connectivity index (χ1n) is 3.91. The Morgan fingerprint density at radius 2 is 2.27 bits per heavy atom. The summed E-state index contributed by atoms with van der Waals surface area (Å²) in [4.78, 5) is 15.1. The summed E-state index contributed by atoms with van der Waals surface area (Å²) in [5, 5.41) is 2.50. The molecule has 1 saturated carbocycles. The molecule has 0 radical (unpaired) electrons. The molecule has 1 aliphatic carbocycles. The fraction of sp³-hybridized carbons (Fsp3) is 0.714. The summed E-state index contributed by atoms with van der Waals surface area (Å²) < 4.78 is 0. The van der Waals surface area contributed by atoms with Crippen LogP contribution in [0.25, 0.3) is 0 Å². The fourth-order valence-electron chi connectivity index (χ4n) is 1.52. The predicted molar refractivity (Wildman–Crippen MR) is 40.9 cm³/mol. The largest absolute Gasteiger partial charge is 0.370 e. The van der Waals surface area contributed by atoms with E-state index in [1.54, 1.807) is 0 Å². The highest BCUT2D eigenvalue weighted by atomic mass is 16.2. The Morgan fingerprint density at radius 1 is 1.55 bits per heavy atom. The molecule has 0 aromatic carbocycles. The van der Waals surface area contributed by atoms with Gasteiger partial charge in [0.05, 0.1) is 0 Å². The maximum Gasteiger partial charge on any atom is 0.251 e. The van der Waals surface area contributed by atoms with Gasteiger partial charge in [0.2, 0.25) is 0 Å². The van der Waals surface area contributed by atoms with Crippen molar-refractivity contribution in [3.8, 4) is 0 Å². The van der Waals surface area contributed by atoms with Gasteiger partial charge in [0.1, 0.15) is 6.04 Å². The Kier molecular flexibility index (Phi) is 1.34. The van der Waals surface area contributed by atoms with Crippen LogP contribution in [0.3, 0.4) is 0 Å². The Hall–Kier alpha value is -1.06. The molecule has 4 nitrogen and oxygen atoms in total. The van der Waals surface area contributed by atoms with Gasteiger partial charge in [-0.2, -0.15) is 0 Å². The van der Waals surface area contributed by atoms with Gasteiger partial charge in [0.15, 0.2) is 5.96 Å². The van der Waals surface area contributed by atoms with Gasteiger partial charge in [-0.3, -0.25) is 10.1 Å². The lowest BCUT2D eigenvalue weighted by molar-refractivity contribution is -0.121. The highest BCUT2D eigenvalue weighted by Gasteiger charge is 2.35. The highest BCUT2D eigenvalue weighted by Crippen LogP contribution is 2.32. The first-order chi connectivity index (χ1) is 5.27. The summed E-state index contributed by atoms with van der Waals surface area (Å²) in [7, 11) is 0. The molecule has 0 spiro atoms. The quantitative estimate of drug-likeness (QED) is 0.538. The maximum absolute atomic E-state index is 11.1. The van der Waals surface area contributed by atoms with E-state index in [1.807, 2.05) is 0 Å². The van der Waals surface area contributed by atoms with Crippen molar-refractivity contribution in [1.82, 2.24) is 5.32 Å². The summed E-state index contributed by atoms with van der Waals surface area (Å²) >= 11 is 0. The standard InChI is InChI=1S/C7H11N3O/c8-7-9-5(6(11)10-7)4-2-1-3-4/h4-5H,1-3H2,(H3,8,9,10,11). The summed E-state index contributed by atoms with van der Waals surface area (Å²) in [6, 6.07) is -0.177. The summed E-state index contributed by atoms with van der Waals surface area (Å²) in [6.45, 7) is 0. The minimum Gasteiger partial charge on any atom is -0.370 e. The van der Waals surface area contributed by atoms with E-state index in [0.717, 1.165) is 12.8 Å². The molecule has 0 saturated heterocycles. The van der Waals surface area contributed by atoms with Crippen LogP contribution < -0.4 is 11.1 Å². The van der Waals surface area contributed by atoms with E-state index in [-0.39, 0.29) is 17.9 Å². The van der Waals surface area contributed by atoms with Crippen molar-refractivity contribution in [2.45, 2.75) is 25.3 Å². The van der Waals surface area contributed by atoms with Gasteiger partial charge in [0.25, 0.3) is 5.91 Å². The van der Waals surface area contributed by atoms with Crippen LogP contribution in [0, 0.1) is 5.92 Å². The molecule has 1 atom stereocenters. The van der Waals surface area contributed by atoms with Gasteiger partial charge in [-0.1, -0.05) is 6.42 Å². The summed E-state index contributed by atoms with van der Waals surface area (Å²) in [6.07, 6.45) is 3.47. The second kappa shape index (κ2) is 2.22. The number of hydrogen-bond donors (Lipinski definition) is 2. The normalized spacial score (nSPS) is 31.1. The number of rotatable bonds is 1. The van der Waals surface area contributed by atoms with Crippen molar-refractivity contribution in [2.24, 2.45) is 16.6 Å². The van der Waals surface area contributed by atoms with Gasteiger partial charge in [-0.05, 0) is 18.8 Å². The van der Waals surface area contributed by atoms with Crippen LogP contribution >= 0.6 is 0 Å². The molecule has 4 heteroatoms. The van der Waals surface area contributed by atoms with Gasteiger partial charge in [-0.25, -0.2) is 4.99 Å². The van der Waals surface area contributed by atoms with Crippen molar-refractivity contribution in [1.29, 1.82) is 0 Å². The molecule has 3 N–H and O–H groups in total. The molecule has 2 aliphatic rings. The zero-order chi connectivity index (χ0) is 7.84. The molecule has 60 valence electrons. The van der Waals surface area contributed by atoms with Crippen LogP contribution in [0.1, 0.15) is 19.3 Å². The van der Waals surface area contributed by atoms with Crippen molar-refractivity contribution in [3.05, 3.63) is 0 Å². The topological polar surface area (TPSA) is 67.5 Å². The molecule has 2 rings (SSSR count). The van der Waals surface area contributed by atoms with E-state index in [2.05, 4.69) is 10.3 Å². The number of carbonyl (C=O) groups is 1. The predicted octanol–water partition coefficient (Wildman–Crippen LogP) is -0.400. The van der Waals surface area contributed by atoms with E-state index >= 15 is 0 Å². The minimum absolute atomic E-state index is 0.0211.